The van der Waals surface area contributed by atoms with Crippen LogP contribution in [0.4, 0.5) is 0 Å². The lowest BCUT2D eigenvalue weighted by atomic mass is 10.3. The summed E-state index contributed by atoms with van der Waals surface area (Å²) in [5.74, 6) is -1.77. The summed E-state index contributed by atoms with van der Waals surface area (Å²) in [5.41, 5.74) is 0. The molecule has 2 nitrogen and oxygen atoms in total. The van der Waals surface area contributed by atoms with E-state index in [1.165, 1.54) is 0 Å². The Morgan fingerprint density at radius 1 is 0.833 bits per heavy atom. The van der Waals surface area contributed by atoms with E-state index >= 15 is 0 Å². The van der Waals surface area contributed by atoms with E-state index in [-0.39, 0.29) is 0 Å². The number of hydrogen-bond donors (Lipinski definition) is 0. The molecule has 0 bridgehead atoms. The molecule has 6 heteroatoms. The van der Waals surface area contributed by atoms with Gasteiger partial charge in [0.15, 0.2) is 0 Å². The Morgan fingerprint density at radius 3 is 1.89 bits per heavy atom. The van der Waals surface area contributed by atoms with Crippen LogP contribution >= 0.6 is 28.7 Å². The van der Waals surface area contributed by atoms with Crippen LogP contribution in [0.2, 0.25) is 5.02 Å². The standard InChI is InChI=1S/C12H9Cl2O2PS/c13-10-6-8-12(9-7-10)16-17(14,18)15-11-4-2-1-3-5-11/h1-9H. The zero-order valence-electron chi connectivity index (χ0n) is 9.12. The molecule has 0 amide bonds. The molecule has 0 aromatic heterocycles. The van der Waals surface area contributed by atoms with Crippen LogP contribution in [0.1, 0.15) is 0 Å². The van der Waals surface area contributed by atoms with E-state index in [0.29, 0.717) is 16.5 Å². The summed E-state index contributed by atoms with van der Waals surface area (Å²) in [6, 6.07) is 15.9. The van der Waals surface area contributed by atoms with Gasteiger partial charge in [0.1, 0.15) is 11.5 Å². The van der Waals surface area contributed by atoms with Gasteiger partial charge in [-0.25, -0.2) is 0 Å². The van der Waals surface area contributed by atoms with Crippen LogP contribution in [0.5, 0.6) is 11.5 Å². The van der Waals surface area contributed by atoms with Gasteiger partial charge in [0, 0.05) is 16.8 Å². The van der Waals surface area contributed by atoms with Crippen molar-refractivity contribution in [2.75, 3.05) is 0 Å². The van der Waals surface area contributed by atoms with Gasteiger partial charge >= 0.3 is 5.84 Å². The van der Waals surface area contributed by atoms with Gasteiger partial charge in [0.25, 0.3) is 0 Å². The first kappa shape index (κ1) is 13.7. The summed E-state index contributed by atoms with van der Waals surface area (Å²) in [5, 5.41) is 0.620. The van der Waals surface area contributed by atoms with Crippen LogP contribution < -0.4 is 9.05 Å². The lowest BCUT2D eigenvalue weighted by Gasteiger charge is -2.17. The number of benzene rings is 2. The molecule has 0 N–H and O–H groups in total. The smallest absolute Gasteiger partial charge is 0.384 e. The third-order valence-electron chi connectivity index (χ3n) is 1.99. The van der Waals surface area contributed by atoms with Crippen molar-refractivity contribution in [3.8, 4) is 11.5 Å². The molecule has 2 rings (SSSR count). The Hall–Kier alpha value is -0.730. The molecule has 0 aliphatic heterocycles. The van der Waals surface area contributed by atoms with E-state index in [0.717, 1.165) is 0 Å². The predicted octanol–water partition coefficient (Wildman–Crippen LogP) is 5.26. The molecule has 0 aliphatic carbocycles. The molecule has 0 spiro atoms. The second kappa shape index (κ2) is 5.94. The maximum atomic E-state index is 6.09. The minimum absolute atomic E-state index is 0.536. The number of para-hydroxylation sites is 1. The third kappa shape index (κ3) is 4.18. The Bertz CT molecular complexity index is 560. The van der Waals surface area contributed by atoms with Crippen molar-refractivity contribution in [1.29, 1.82) is 0 Å². The molecule has 0 fully saturated rings. The number of rotatable bonds is 4. The molecule has 0 radical (unpaired) electrons. The molecule has 0 aliphatic rings. The fraction of sp³-hybridized carbons (Fsp3) is 0. The molecule has 1 atom stereocenters. The van der Waals surface area contributed by atoms with E-state index in [1.54, 1.807) is 36.4 Å². The second-order valence-corrected chi connectivity index (χ2v) is 8.42. The van der Waals surface area contributed by atoms with Gasteiger partial charge in [-0.2, -0.15) is 0 Å². The fourth-order valence-electron chi connectivity index (χ4n) is 1.25. The van der Waals surface area contributed by atoms with Crippen molar-refractivity contribution >= 4 is 40.5 Å². The Balaban J connectivity index is 2.08. The van der Waals surface area contributed by atoms with Gasteiger partial charge in [0.2, 0.25) is 0 Å². The Morgan fingerprint density at radius 2 is 1.33 bits per heavy atom. The minimum Gasteiger partial charge on any atom is -0.425 e. The highest BCUT2D eigenvalue weighted by Gasteiger charge is 2.18. The predicted molar refractivity (Wildman–Crippen MR) is 79.3 cm³/mol. The first-order valence-electron chi connectivity index (χ1n) is 5.05. The van der Waals surface area contributed by atoms with Gasteiger partial charge < -0.3 is 9.05 Å². The van der Waals surface area contributed by atoms with Crippen LogP contribution in [0.3, 0.4) is 0 Å². The summed E-state index contributed by atoms with van der Waals surface area (Å²) in [6.07, 6.45) is 0. The monoisotopic (exact) mass is 318 g/mol. The SMILES string of the molecule is S=P(Cl)(Oc1ccccc1)Oc1ccc(Cl)cc1. The number of halogens is 2. The maximum Gasteiger partial charge on any atom is 0.384 e. The van der Waals surface area contributed by atoms with E-state index in [4.69, 9.17) is 43.7 Å². The minimum atomic E-state index is -2.89. The van der Waals surface area contributed by atoms with Gasteiger partial charge in [-0.15, -0.1) is 0 Å². The van der Waals surface area contributed by atoms with Crippen molar-refractivity contribution in [1.82, 2.24) is 0 Å². The van der Waals surface area contributed by atoms with Gasteiger partial charge in [0.05, 0.1) is 0 Å². The summed E-state index contributed by atoms with van der Waals surface area (Å²) < 4.78 is 10.9. The summed E-state index contributed by atoms with van der Waals surface area (Å²) in [4.78, 5) is 0. The molecule has 18 heavy (non-hydrogen) atoms. The highest BCUT2D eigenvalue weighted by atomic mass is 35.7. The van der Waals surface area contributed by atoms with E-state index < -0.39 is 5.84 Å². The van der Waals surface area contributed by atoms with Crippen LogP contribution in [0, 0.1) is 0 Å². The maximum absolute atomic E-state index is 6.09. The summed E-state index contributed by atoms with van der Waals surface area (Å²) >= 11 is 17.0. The molecule has 0 saturated carbocycles. The Labute approximate surface area is 120 Å². The van der Waals surface area contributed by atoms with E-state index in [1.807, 2.05) is 18.2 Å². The average molecular weight is 319 g/mol. The van der Waals surface area contributed by atoms with Crippen molar-refractivity contribution in [2.45, 2.75) is 0 Å². The van der Waals surface area contributed by atoms with Crippen LogP contribution in [0.25, 0.3) is 0 Å². The van der Waals surface area contributed by atoms with Gasteiger partial charge in [-0.05, 0) is 47.6 Å². The molecular formula is C12H9Cl2O2PS. The molecule has 0 heterocycles. The molecule has 2 aromatic rings. The molecule has 0 saturated heterocycles. The fourth-order valence-corrected chi connectivity index (χ4v) is 3.15. The van der Waals surface area contributed by atoms with Gasteiger partial charge in [-0.1, -0.05) is 29.8 Å². The number of hydrogen-bond acceptors (Lipinski definition) is 3. The Kier molecular flexibility index (Phi) is 4.52. The normalized spacial score (nSPS) is 13.7. The average Bonchev–Trinajstić information content (AvgIpc) is 2.32. The first-order valence-corrected chi connectivity index (χ1v) is 8.97. The lowest BCUT2D eigenvalue weighted by molar-refractivity contribution is 0.505. The van der Waals surface area contributed by atoms with Crippen LogP contribution in [-0.4, -0.2) is 0 Å². The summed E-state index contributed by atoms with van der Waals surface area (Å²) in [7, 11) is 0. The largest absolute Gasteiger partial charge is 0.425 e. The van der Waals surface area contributed by atoms with E-state index in [2.05, 4.69) is 0 Å². The highest BCUT2D eigenvalue weighted by molar-refractivity contribution is 8.22. The molecular weight excluding hydrogens is 310 g/mol. The van der Waals surface area contributed by atoms with E-state index in [9.17, 15) is 0 Å². The van der Waals surface area contributed by atoms with Gasteiger partial charge in [-0.3, -0.25) is 0 Å². The molecule has 1 unspecified atom stereocenters. The van der Waals surface area contributed by atoms with Crippen LogP contribution in [0.15, 0.2) is 54.6 Å². The van der Waals surface area contributed by atoms with Crippen molar-refractivity contribution < 1.29 is 9.05 Å². The molecule has 94 valence electrons. The second-order valence-electron chi connectivity index (χ2n) is 3.38. The van der Waals surface area contributed by atoms with Crippen molar-refractivity contribution in [3.05, 3.63) is 59.6 Å². The highest BCUT2D eigenvalue weighted by Crippen LogP contribution is 2.53. The zero-order chi connectivity index (χ0) is 13.0. The molecule has 2 aromatic carbocycles. The first-order chi connectivity index (χ1) is 8.55. The van der Waals surface area contributed by atoms with Crippen LogP contribution in [-0.2, 0) is 11.8 Å². The zero-order valence-corrected chi connectivity index (χ0v) is 12.3. The summed E-state index contributed by atoms with van der Waals surface area (Å²) in [6.45, 7) is 0. The topological polar surface area (TPSA) is 18.5 Å². The van der Waals surface area contributed by atoms with Crippen molar-refractivity contribution in [2.24, 2.45) is 0 Å². The van der Waals surface area contributed by atoms with Crippen molar-refractivity contribution in [3.63, 3.8) is 0 Å². The quantitative estimate of drug-likeness (QED) is 0.716. The third-order valence-corrected chi connectivity index (χ3v) is 3.96. The lowest BCUT2D eigenvalue weighted by Crippen LogP contribution is -1.94.